The largest absolute Gasteiger partial charge is 0.477 e. The molecule has 2 N–H and O–H groups in total. The van der Waals surface area contributed by atoms with Crippen molar-refractivity contribution in [3.8, 4) is 0 Å². The molecule has 2 heterocycles. The Morgan fingerprint density at radius 1 is 1.55 bits per heavy atom. The number of halogens is 1. The molecule has 0 aliphatic heterocycles. The van der Waals surface area contributed by atoms with Gasteiger partial charge in [0.1, 0.15) is 9.77 Å². The maximum Gasteiger partial charge on any atom is 0.345 e. The minimum atomic E-state index is -3.77. The molecule has 20 heavy (non-hydrogen) atoms. The molecule has 0 aromatic carbocycles. The third kappa shape index (κ3) is 3.26. The van der Waals surface area contributed by atoms with E-state index < -0.39 is 16.0 Å². The van der Waals surface area contributed by atoms with Gasteiger partial charge in [-0.05, 0) is 28.9 Å². The molecule has 0 atom stereocenters. The summed E-state index contributed by atoms with van der Waals surface area (Å²) in [7, 11) is -3.77. The van der Waals surface area contributed by atoms with Crippen molar-refractivity contribution in [2.75, 3.05) is 0 Å². The third-order valence-corrected chi connectivity index (χ3v) is 7.00. The van der Waals surface area contributed by atoms with Crippen molar-refractivity contribution < 1.29 is 18.3 Å². The smallest absolute Gasteiger partial charge is 0.345 e. The number of aromatic nitrogens is 1. The number of nitrogens with one attached hydrogen (secondary N) is 1. The summed E-state index contributed by atoms with van der Waals surface area (Å²) in [6, 6.07) is 1.14. The molecular formula is C10H9BrN2O4S3. The van der Waals surface area contributed by atoms with Crippen molar-refractivity contribution in [1.29, 1.82) is 0 Å². The van der Waals surface area contributed by atoms with Crippen LogP contribution in [0.1, 0.15) is 20.2 Å². The molecule has 0 saturated heterocycles. The molecule has 0 amide bonds. The average molecular weight is 397 g/mol. The fourth-order valence-electron chi connectivity index (χ4n) is 1.37. The zero-order valence-corrected chi connectivity index (χ0v) is 14.1. The summed E-state index contributed by atoms with van der Waals surface area (Å²) in [6.45, 7) is 1.92. The van der Waals surface area contributed by atoms with Gasteiger partial charge in [0.05, 0.1) is 15.0 Å². The molecule has 10 heteroatoms. The highest BCUT2D eigenvalue weighted by Gasteiger charge is 2.23. The van der Waals surface area contributed by atoms with Gasteiger partial charge >= 0.3 is 5.97 Å². The van der Waals surface area contributed by atoms with Crippen molar-refractivity contribution in [3.05, 3.63) is 30.8 Å². The second kappa shape index (κ2) is 5.90. The molecule has 0 aliphatic rings. The van der Waals surface area contributed by atoms with E-state index in [0.29, 0.717) is 0 Å². The lowest BCUT2D eigenvalue weighted by Gasteiger charge is -2.04. The van der Waals surface area contributed by atoms with Crippen LogP contribution in [-0.2, 0) is 16.6 Å². The zero-order chi connectivity index (χ0) is 14.9. The minimum absolute atomic E-state index is 0.0359. The Kier molecular flexibility index (Phi) is 4.59. The predicted octanol–water partition coefficient (Wildman–Crippen LogP) is 2.45. The molecule has 0 unspecified atom stereocenters. The molecule has 108 valence electrons. The summed E-state index contributed by atoms with van der Waals surface area (Å²) in [6.07, 6.45) is 0. The monoisotopic (exact) mass is 396 g/mol. The van der Waals surface area contributed by atoms with Gasteiger partial charge in [-0.15, -0.1) is 22.7 Å². The van der Waals surface area contributed by atoms with Gasteiger partial charge in [-0.1, -0.05) is 0 Å². The Balaban J connectivity index is 2.22. The van der Waals surface area contributed by atoms with E-state index in [1.807, 2.05) is 0 Å². The molecule has 0 fully saturated rings. The van der Waals surface area contributed by atoms with E-state index >= 15 is 0 Å². The molecule has 2 aromatic heterocycles. The first-order valence-electron chi connectivity index (χ1n) is 5.22. The summed E-state index contributed by atoms with van der Waals surface area (Å²) >= 11 is 5.30. The van der Waals surface area contributed by atoms with Crippen molar-refractivity contribution in [3.63, 3.8) is 0 Å². The standard InChI is InChI=1S/C10H9BrN2O4S3/c1-5-7(18-4-12-5)3-13-20(16,17)8-2-6(10(14)15)19-9(8)11/h2,4,13H,3H2,1H3,(H,14,15). The van der Waals surface area contributed by atoms with Crippen LogP contribution in [0.25, 0.3) is 0 Å². The second-order valence-corrected chi connectivity index (χ2v) is 8.78. The van der Waals surface area contributed by atoms with E-state index in [9.17, 15) is 13.2 Å². The van der Waals surface area contributed by atoms with Gasteiger partial charge < -0.3 is 5.11 Å². The molecule has 2 rings (SSSR count). The quantitative estimate of drug-likeness (QED) is 0.808. The van der Waals surface area contributed by atoms with Gasteiger partial charge in [0, 0.05) is 11.4 Å². The molecular weight excluding hydrogens is 388 g/mol. The average Bonchev–Trinajstić information content (AvgIpc) is 2.93. The van der Waals surface area contributed by atoms with E-state index in [4.69, 9.17) is 5.11 Å². The van der Waals surface area contributed by atoms with Crippen LogP contribution in [0.3, 0.4) is 0 Å². The lowest BCUT2D eigenvalue weighted by molar-refractivity contribution is 0.0702. The fourth-order valence-corrected chi connectivity index (χ4v) is 5.58. The van der Waals surface area contributed by atoms with Crippen LogP contribution in [0, 0.1) is 6.92 Å². The number of carbonyl (C=O) groups is 1. The van der Waals surface area contributed by atoms with Crippen molar-refractivity contribution in [2.45, 2.75) is 18.4 Å². The van der Waals surface area contributed by atoms with Crippen molar-refractivity contribution in [2.24, 2.45) is 0 Å². The number of nitrogens with zero attached hydrogens (tertiary/aromatic N) is 1. The van der Waals surface area contributed by atoms with E-state index in [2.05, 4.69) is 25.6 Å². The Morgan fingerprint density at radius 2 is 2.25 bits per heavy atom. The first-order chi connectivity index (χ1) is 9.31. The number of thiophene rings is 1. The summed E-state index contributed by atoms with van der Waals surface area (Å²) in [5, 5.41) is 8.87. The Labute approximate surface area is 131 Å². The van der Waals surface area contributed by atoms with Gasteiger partial charge in [-0.25, -0.2) is 22.9 Å². The lowest BCUT2D eigenvalue weighted by Crippen LogP contribution is -2.23. The van der Waals surface area contributed by atoms with Crippen LogP contribution in [0.4, 0.5) is 0 Å². The summed E-state index contributed by atoms with van der Waals surface area (Å²) in [5.74, 6) is -1.16. The van der Waals surface area contributed by atoms with Gasteiger partial charge in [0.25, 0.3) is 0 Å². The Hall–Kier alpha value is -0.810. The molecule has 0 radical (unpaired) electrons. The van der Waals surface area contributed by atoms with Gasteiger partial charge in [-0.3, -0.25) is 0 Å². The van der Waals surface area contributed by atoms with Crippen LogP contribution in [0.15, 0.2) is 20.3 Å². The summed E-state index contributed by atoms with van der Waals surface area (Å²) in [4.78, 5) is 15.6. The molecule has 2 aromatic rings. The summed E-state index contributed by atoms with van der Waals surface area (Å²) in [5.41, 5.74) is 2.41. The number of thiazole rings is 1. The number of rotatable bonds is 5. The van der Waals surface area contributed by atoms with E-state index in [0.717, 1.165) is 28.0 Å². The first-order valence-corrected chi connectivity index (χ1v) is 9.19. The maximum atomic E-state index is 12.2. The second-order valence-electron chi connectivity index (χ2n) is 3.74. The maximum absolute atomic E-state index is 12.2. The SMILES string of the molecule is Cc1ncsc1CNS(=O)(=O)c1cc(C(=O)O)sc1Br. The highest BCUT2D eigenvalue weighted by atomic mass is 79.9. The Morgan fingerprint density at radius 3 is 2.75 bits per heavy atom. The molecule has 0 saturated carbocycles. The Bertz CT molecular complexity index is 750. The number of carboxylic acids is 1. The predicted molar refractivity (Wildman–Crippen MR) is 79.9 cm³/mol. The molecule has 0 aliphatic carbocycles. The normalized spacial score (nSPS) is 11.7. The van der Waals surface area contributed by atoms with Crippen LogP contribution in [0.2, 0.25) is 0 Å². The number of aryl methyl sites for hydroxylation is 1. The third-order valence-electron chi connectivity index (χ3n) is 2.42. The van der Waals surface area contributed by atoms with Crippen LogP contribution >= 0.6 is 38.6 Å². The van der Waals surface area contributed by atoms with E-state index in [-0.39, 0.29) is 20.1 Å². The lowest BCUT2D eigenvalue weighted by atomic mass is 10.4. The number of carboxylic acid groups (broad SMARTS) is 1. The first kappa shape index (κ1) is 15.6. The number of sulfonamides is 1. The highest BCUT2D eigenvalue weighted by molar-refractivity contribution is 9.11. The highest BCUT2D eigenvalue weighted by Crippen LogP contribution is 2.31. The minimum Gasteiger partial charge on any atom is -0.477 e. The molecule has 0 bridgehead atoms. The topological polar surface area (TPSA) is 96.4 Å². The molecule has 6 nitrogen and oxygen atoms in total. The number of hydrogen-bond acceptors (Lipinski definition) is 6. The van der Waals surface area contributed by atoms with E-state index in [1.165, 1.54) is 11.3 Å². The fraction of sp³-hybridized carbons (Fsp3) is 0.200. The van der Waals surface area contributed by atoms with Gasteiger partial charge in [0.2, 0.25) is 10.0 Å². The van der Waals surface area contributed by atoms with Crippen LogP contribution < -0.4 is 4.72 Å². The van der Waals surface area contributed by atoms with Crippen molar-refractivity contribution >= 4 is 54.6 Å². The van der Waals surface area contributed by atoms with Crippen LogP contribution in [0.5, 0.6) is 0 Å². The van der Waals surface area contributed by atoms with E-state index in [1.54, 1.807) is 12.4 Å². The summed E-state index contributed by atoms with van der Waals surface area (Å²) < 4.78 is 27.0. The van der Waals surface area contributed by atoms with Gasteiger partial charge in [0.15, 0.2) is 0 Å². The number of aromatic carboxylic acids is 1. The number of hydrogen-bond donors (Lipinski definition) is 2. The zero-order valence-electron chi connectivity index (χ0n) is 10.1. The van der Waals surface area contributed by atoms with Gasteiger partial charge in [-0.2, -0.15) is 0 Å². The molecule has 0 spiro atoms. The van der Waals surface area contributed by atoms with Crippen molar-refractivity contribution in [1.82, 2.24) is 9.71 Å². The van der Waals surface area contributed by atoms with Crippen LogP contribution in [-0.4, -0.2) is 24.5 Å².